The summed E-state index contributed by atoms with van der Waals surface area (Å²) in [6.45, 7) is 2.19. The van der Waals surface area contributed by atoms with E-state index in [4.69, 9.17) is 10.5 Å². The number of carbonyl (C=O) groups is 1. The van der Waals surface area contributed by atoms with Gasteiger partial charge in [-0.3, -0.25) is 0 Å². The summed E-state index contributed by atoms with van der Waals surface area (Å²) in [5, 5.41) is 0. The van der Waals surface area contributed by atoms with Crippen molar-refractivity contribution in [2.45, 2.75) is 13.0 Å². The van der Waals surface area contributed by atoms with Crippen molar-refractivity contribution in [2.24, 2.45) is 0 Å². The van der Waals surface area contributed by atoms with Crippen molar-refractivity contribution in [3.05, 3.63) is 29.3 Å². The molecule has 0 bridgehead atoms. The van der Waals surface area contributed by atoms with E-state index in [-0.39, 0.29) is 11.3 Å². The number of rotatable bonds is 4. The molecule has 0 amide bonds. The third kappa shape index (κ3) is 3.66. The van der Waals surface area contributed by atoms with Gasteiger partial charge in [-0.1, -0.05) is 0 Å². The molecule has 2 N–H and O–H groups in total. The minimum atomic E-state index is -0.983. The van der Waals surface area contributed by atoms with E-state index in [0.29, 0.717) is 12.6 Å². The molecular formula is C12H16F2N2O2. The maximum absolute atomic E-state index is 13.4. The van der Waals surface area contributed by atoms with Crippen molar-refractivity contribution in [3.8, 4) is 0 Å². The summed E-state index contributed by atoms with van der Waals surface area (Å²) in [6, 6.07) is 1.51. The Morgan fingerprint density at radius 1 is 1.39 bits per heavy atom. The number of nitrogens with zero attached hydrogens (tertiary/aromatic N) is 1. The van der Waals surface area contributed by atoms with Crippen molar-refractivity contribution in [3.63, 3.8) is 0 Å². The fourth-order valence-corrected chi connectivity index (χ4v) is 1.52. The van der Waals surface area contributed by atoms with Crippen LogP contribution in [0, 0.1) is 11.6 Å². The lowest BCUT2D eigenvalue weighted by molar-refractivity contribution is 0.0284. The minimum absolute atomic E-state index is 0.288. The number of hydrogen-bond acceptors (Lipinski definition) is 4. The number of ether oxygens (including phenoxy) is 1. The molecule has 18 heavy (non-hydrogen) atoms. The lowest BCUT2D eigenvalue weighted by Crippen LogP contribution is -2.28. The van der Waals surface area contributed by atoms with E-state index in [1.165, 1.54) is 0 Å². The Hall–Kier alpha value is -1.69. The molecule has 4 nitrogen and oxygen atoms in total. The summed E-state index contributed by atoms with van der Waals surface area (Å²) in [5.41, 5.74) is 4.63. The first-order valence-electron chi connectivity index (χ1n) is 5.41. The molecule has 0 aromatic heterocycles. The van der Waals surface area contributed by atoms with Crippen LogP contribution in [0.25, 0.3) is 0 Å². The maximum Gasteiger partial charge on any atom is 0.341 e. The molecule has 1 aromatic carbocycles. The van der Waals surface area contributed by atoms with E-state index in [2.05, 4.69) is 0 Å². The number of halogens is 2. The summed E-state index contributed by atoms with van der Waals surface area (Å²) in [5.74, 6) is -2.73. The number of carbonyl (C=O) groups excluding carboxylic acids is 1. The van der Waals surface area contributed by atoms with Crippen molar-refractivity contribution in [2.75, 3.05) is 26.4 Å². The van der Waals surface area contributed by atoms with E-state index in [9.17, 15) is 13.6 Å². The molecule has 0 heterocycles. The second-order valence-electron chi connectivity index (χ2n) is 4.33. The zero-order valence-electron chi connectivity index (χ0n) is 10.5. The smallest absolute Gasteiger partial charge is 0.341 e. The molecule has 0 aliphatic rings. The summed E-state index contributed by atoms with van der Waals surface area (Å²) in [6.07, 6.45) is -0.404. The lowest BCUT2D eigenvalue weighted by atomic mass is 10.2. The van der Waals surface area contributed by atoms with Crippen LogP contribution in [0.4, 0.5) is 14.5 Å². The normalized spacial score (nSPS) is 12.6. The van der Waals surface area contributed by atoms with Gasteiger partial charge in [0.05, 0.1) is 11.3 Å². The Morgan fingerprint density at radius 2 is 2.00 bits per heavy atom. The van der Waals surface area contributed by atoms with Crippen LogP contribution in [-0.4, -0.2) is 37.6 Å². The predicted octanol–water partition coefficient (Wildman–Crippen LogP) is 1.65. The van der Waals surface area contributed by atoms with E-state index >= 15 is 0 Å². The molecule has 1 atom stereocenters. The first-order valence-corrected chi connectivity index (χ1v) is 5.41. The van der Waals surface area contributed by atoms with Crippen molar-refractivity contribution >= 4 is 11.7 Å². The van der Waals surface area contributed by atoms with Crippen LogP contribution in [0.2, 0.25) is 0 Å². The van der Waals surface area contributed by atoms with E-state index in [0.717, 1.165) is 6.07 Å². The van der Waals surface area contributed by atoms with Crippen LogP contribution in [0.1, 0.15) is 17.3 Å². The molecule has 6 heteroatoms. The first-order chi connectivity index (χ1) is 8.31. The Labute approximate surface area is 104 Å². The average molecular weight is 258 g/mol. The van der Waals surface area contributed by atoms with Gasteiger partial charge in [-0.05, 0) is 27.1 Å². The lowest BCUT2D eigenvalue weighted by Gasteiger charge is -2.17. The van der Waals surface area contributed by atoms with Crippen LogP contribution < -0.4 is 5.73 Å². The molecule has 0 aliphatic heterocycles. The number of esters is 1. The Bertz CT molecular complexity index is 450. The number of nitrogen functional groups attached to an aromatic ring is 1. The second kappa shape index (κ2) is 5.77. The molecule has 100 valence electrons. The fraction of sp³-hybridized carbons (Fsp3) is 0.417. The van der Waals surface area contributed by atoms with Gasteiger partial charge in [0.25, 0.3) is 0 Å². The van der Waals surface area contributed by atoms with Crippen LogP contribution >= 0.6 is 0 Å². The molecule has 0 radical (unpaired) electrons. The summed E-state index contributed by atoms with van der Waals surface area (Å²) >= 11 is 0. The molecule has 0 aliphatic carbocycles. The van der Waals surface area contributed by atoms with Gasteiger partial charge >= 0.3 is 5.97 Å². The number of nitrogens with two attached hydrogens (primary N) is 1. The summed E-state index contributed by atoms with van der Waals surface area (Å²) < 4.78 is 31.3. The Morgan fingerprint density at radius 3 is 2.56 bits per heavy atom. The van der Waals surface area contributed by atoms with Crippen molar-refractivity contribution in [1.29, 1.82) is 0 Å². The van der Waals surface area contributed by atoms with Gasteiger partial charge in [0.2, 0.25) is 0 Å². The van der Waals surface area contributed by atoms with E-state index < -0.39 is 23.7 Å². The number of hydrogen-bond donors (Lipinski definition) is 1. The molecular weight excluding hydrogens is 242 g/mol. The third-order valence-electron chi connectivity index (χ3n) is 2.24. The third-order valence-corrected chi connectivity index (χ3v) is 2.24. The maximum atomic E-state index is 13.4. The van der Waals surface area contributed by atoms with Gasteiger partial charge in [0, 0.05) is 12.6 Å². The number of likely N-dealkylation sites (N-methyl/N-ethyl adjacent to an activating group) is 1. The summed E-state index contributed by atoms with van der Waals surface area (Å²) in [4.78, 5) is 13.5. The zero-order chi connectivity index (χ0) is 13.9. The Kier molecular flexibility index (Phi) is 4.61. The molecule has 1 rings (SSSR count). The highest BCUT2D eigenvalue weighted by Crippen LogP contribution is 2.18. The molecule has 0 fully saturated rings. The fourth-order valence-electron chi connectivity index (χ4n) is 1.52. The SMILES string of the molecule is CC(CN(C)C)OC(=O)c1cc(N)c(F)cc1F. The highest BCUT2D eigenvalue weighted by Gasteiger charge is 2.18. The quantitative estimate of drug-likeness (QED) is 0.659. The van der Waals surface area contributed by atoms with Gasteiger partial charge in [0.15, 0.2) is 0 Å². The second-order valence-corrected chi connectivity index (χ2v) is 4.33. The standard InChI is InChI=1S/C12H16F2N2O2/c1-7(6-16(2)3)18-12(17)8-4-11(15)10(14)5-9(8)13/h4-5,7H,6,15H2,1-3H3. The minimum Gasteiger partial charge on any atom is -0.458 e. The zero-order valence-corrected chi connectivity index (χ0v) is 10.5. The monoisotopic (exact) mass is 258 g/mol. The number of benzene rings is 1. The Balaban J connectivity index is 2.82. The van der Waals surface area contributed by atoms with E-state index in [1.54, 1.807) is 6.92 Å². The topological polar surface area (TPSA) is 55.6 Å². The van der Waals surface area contributed by atoms with Gasteiger partial charge in [-0.25, -0.2) is 13.6 Å². The highest BCUT2D eigenvalue weighted by atomic mass is 19.1. The van der Waals surface area contributed by atoms with Crippen molar-refractivity contribution in [1.82, 2.24) is 4.90 Å². The largest absolute Gasteiger partial charge is 0.458 e. The predicted molar refractivity (Wildman–Crippen MR) is 64.2 cm³/mol. The van der Waals surface area contributed by atoms with E-state index in [1.807, 2.05) is 19.0 Å². The highest BCUT2D eigenvalue weighted by molar-refractivity contribution is 5.90. The van der Waals surface area contributed by atoms with Crippen molar-refractivity contribution < 1.29 is 18.3 Å². The molecule has 0 saturated heterocycles. The van der Waals surface area contributed by atoms with Gasteiger partial charge in [-0.15, -0.1) is 0 Å². The van der Waals surface area contributed by atoms with Gasteiger partial charge < -0.3 is 15.4 Å². The van der Waals surface area contributed by atoms with Crippen LogP contribution in [0.15, 0.2) is 12.1 Å². The van der Waals surface area contributed by atoms with Gasteiger partial charge in [0.1, 0.15) is 17.7 Å². The number of anilines is 1. The van der Waals surface area contributed by atoms with Crippen LogP contribution in [0.3, 0.4) is 0 Å². The summed E-state index contributed by atoms with van der Waals surface area (Å²) in [7, 11) is 3.64. The molecule has 0 spiro atoms. The van der Waals surface area contributed by atoms with Crippen LogP contribution in [0.5, 0.6) is 0 Å². The molecule has 0 saturated carbocycles. The first kappa shape index (κ1) is 14.4. The molecule has 1 unspecified atom stereocenters. The van der Waals surface area contributed by atoms with Crippen LogP contribution in [-0.2, 0) is 4.74 Å². The molecule has 1 aromatic rings. The average Bonchev–Trinajstić information content (AvgIpc) is 2.21. The van der Waals surface area contributed by atoms with Gasteiger partial charge in [-0.2, -0.15) is 0 Å².